The number of anilines is 2. The van der Waals surface area contributed by atoms with Gasteiger partial charge < -0.3 is 19.8 Å². The normalized spacial score (nSPS) is 16.5. The lowest BCUT2D eigenvalue weighted by Crippen LogP contribution is -2.21. The number of nitrogens with zero attached hydrogens (tertiary/aromatic N) is 2. The summed E-state index contributed by atoms with van der Waals surface area (Å²) in [6.45, 7) is 2.41. The number of rotatable bonds is 8. The highest BCUT2D eigenvalue weighted by Crippen LogP contribution is 2.45. The molecular formula is C28H30N4O3S. The molecule has 8 heteroatoms. The van der Waals surface area contributed by atoms with E-state index in [1.54, 1.807) is 17.5 Å². The number of nitrogen functional groups attached to an aromatic ring is 1. The smallest absolute Gasteiger partial charge is 0.411 e. The van der Waals surface area contributed by atoms with E-state index in [2.05, 4.69) is 20.9 Å². The molecule has 2 aliphatic carbocycles. The predicted molar refractivity (Wildman–Crippen MR) is 143 cm³/mol. The summed E-state index contributed by atoms with van der Waals surface area (Å²) in [7, 11) is 0. The molecule has 3 N–H and O–H groups in total. The molecule has 1 unspecified atom stereocenters. The Morgan fingerprint density at radius 1 is 1.19 bits per heavy atom. The number of thiazole rings is 1. The lowest BCUT2D eigenvalue weighted by Gasteiger charge is -2.30. The van der Waals surface area contributed by atoms with Crippen molar-refractivity contribution in [3.05, 3.63) is 59.0 Å². The first-order valence-electron chi connectivity index (χ1n) is 12.6. The fourth-order valence-electron chi connectivity index (χ4n) is 4.88. The van der Waals surface area contributed by atoms with E-state index < -0.39 is 6.09 Å². The van der Waals surface area contributed by atoms with E-state index in [9.17, 15) is 4.79 Å². The van der Waals surface area contributed by atoms with Crippen LogP contribution in [0.4, 0.5) is 16.2 Å². The van der Waals surface area contributed by atoms with Gasteiger partial charge in [0.05, 0.1) is 16.9 Å². The van der Waals surface area contributed by atoms with Crippen LogP contribution < -0.4 is 15.8 Å². The summed E-state index contributed by atoms with van der Waals surface area (Å²) in [5.74, 6) is 1.31. The largest absolute Gasteiger partial charge is 0.486 e. The summed E-state index contributed by atoms with van der Waals surface area (Å²) < 4.78 is 13.9. The first-order chi connectivity index (χ1) is 17.6. The number of aromatic nitrogens is 2. The standard InChI is InChI=1S/C28H30N4O3S/c1-17(18-5-6-18)35-28(33)31-20-9-7-19(8-10-20)27-26(29)23-12-11-22(34-16-25-30-13-14-36-25)15-24(23)32(27)21-3-2-4-21/h7-15,17-18,21H,2-6,16,29H2,1H3,(H,31,33). The zero-order chi connectivity index (χ0) is 24.6. The Bertz CT molecular complexity index is 1370. The van der Waals surface area contributed by atoms with Crippen molar-refractivity contribution in [2.45, 2.75) is 57.8 Å². The Balaban J connectivity index is 1.27. The minimum absolute atomic E-state index is 0.0438. The molecule has 6 rings (SSSR count). The number of carbonyl (C=O) groups is 1. The summed E-state index contributed by atoms with van der Waals surface area (Å²) in [6.07, 6.45) is 7.09. The number of amides is 1. The Kier molecular flexibility index (Phi) is 6.05. The lowest BCUT2D eigenvalue weighted by molar-refractivity contribution is 0.108. The number of ether oxygens (including phenoxy) is 2. The molecule has 2 aromatic carbocycles. The number of fused-ring (bicyclic) bond motifs is 1. The van der Waals surface area contributed by atoms with Crippen molar-refractivity contribution in [2.75, 3.05) is 11.1 Å². The topological polar surface area (TPSA) is 91.4 Å². The lowest BCUT2D eigenvalue weighted by atomic mass is 9.92. The molecule has 4 aromatic rings. The van der Waals surface area contributed by atoms with Gasteiger partial charge in [0.15, 0.2) is 0 Å². The number of hydrogen-bond donors (Lipinski definition) is 2. The Morgan fingerprint density at radius 2 is 2.00 bits per heavy atom. The maximum Gasteiger partial charge on any atom is 0.411 e. The van der Waals surface area contributed by atoms with Crippen LogP contribution in [-0.2, 0) is 11.3 Å². The first kappa shape index (κ1) is 22.9. The molecule has 0 aliphatic heterocycles. The highest BCUT2D eigenvalue weighted by Gasteiger charge is 2.31. The van der Waals surface area contributed by atoms with Gasteiger partial charge in [0.1, 0.15) is 23.5 Å². The van der Waals surface area contributed by atoms with Gasteiger partial charge in [-0.25, -0.2) is 9.78 Å². The molecular weight excluding hydrogens is 472 g/mol. The Labute approximate surface area is 214 Å². The molecule has 186 valence electrons. The molecule has 7 nitrogen and oxygen atoms in total. The average molecular weight is 503 g/mol. The minimum Gasteiger partial charge on any atom is -0.486 e. The van der Waals surface area contributed by atoms with Crippen LogP contribution in [-0.4, -0.2) is 21.7 Å². The maximum absolute atomic E-state index is 12.3. The molecule has 2 heterocycles. The minimum atomic E-state index is -0.407. The monoisotopic (exact) mass is 502 g/mol. The second-order valence-corrected chi connectivity index (χ2v) is 10.7. The van der Waals surface area contributed by atoms with Gasteiger partial charge in [-0.2, -0.15) is 0 Å². The molecule has 2 aromatic heterocycles. The van der Waals surface area contributed by atoms with Gasteiger partial charge in [-0.05, 0) is 69.2 Å². The van der Waals surface area contributed by atoms with Crippen molar-refractivity contribution in [3.63, 3.8) is 0 Å². The maximum atomic E-state index is 12.3. The summed E-state index contributed by atoms with van der Waals surface area (Å²) in [4.78, 5) is 16.6. The third-order valence-electron chi connectivity index (χ3n) is 7.28. The Morgan fingerprint density at radius 3 is 2.67 bits per heavy atom. The fourth-order valence-corrected chi connectivity index (χ4v) is 5.41. The van der Waals surface area contributed by atoms with Crippen LogP contribution in [0.15, 0.2) is 54.0 Å². The van der Waals surface area contributed by atoms with E-state index in [4.69, 9.17) is 15.2 Å². The fraction of sp³-hybridized carbons (Fsp3) is 0.357. The van der Waals surface area contributed by atoms with Crippen molar-refractivity contribution < 1.29 is 14.3 Å². The molecule has 0 bridgehead atoms. The quantitative estimate of drug-likeness (QED) is 0.271. The summed E-state index contributed by atoms with van der Waals surface area (Å²) in [5.41, 5.74) is 11.3. The van der Waals surface area contributed by atoms with Crippen LogP contribution in [0.2, 0.25) is 0 Å². The van der Waals surface area contributed by atoms with Crippen LogP contribution in [0.25, 0.3) is 22.2 Å². The summed E-state index contributed by atoms with van der Waals surface area (Å²) in [5, 5.41) is 6.78. The van der Waals surface area contributed by atoms with Gasteiger partial charge in [-0.3, -0.25) is 5.32 Å². The number of nitrogens with one attached hydrogen (secondary N) is 1. The van der Waals surface area contributed by atoms with Crippen molar-refractivity contribution in [1.29, 1.82) is 0 Å². The number of hydrogen-bond acceptors (Lipinski definition) is 6. The number of carbonyl (C=O) groups excluding carboxylic acids is 1. The van der Waals surface area contributed by atoms with Gasteiger partial charge in [-0.1, -0.05) is 12.1 Å². The van der Waals surface area contributed by atoms with Gasteiger partial charge in [0.2, 0.25) is 0 Å². The van der Waals surface area contributed by atoms with Crippen LogP contribution >= 0.6 is 11.3 Å². The first-order valence-corrected chi connectivity index (χ1v) is 13.5. The zero-order valence-electron chi connectivity index (χ0n) is 20.3. The van der Waals surface area contributed by atoms with Gasteiger partial charge in [0, 0.05) is 40.3 Å². The molecule has 1 amide bonds. The van der Waals surface area contributed by atoms with Gasteiger partial charge in [0.25, 0.3) is 0 Å². The Hall–Kier alpha value is -3.52. The predicted octanol–water partition coefficient (Wildman–Crippen LogP) is 7.00. The van der Waals surface area contributed by atoms with E-state index in [1.165, 1.54) is 6.42 Å². The molecule has 0 radical (unpaired) electrons. The third kappa shape index (κ3) is 4.53. The molecule has 2 fully saturated rings. The van der Waals surface area contributed by atoms with E-state index >= 15 is 0 Å². The molecule has 36 heavy (non-hydrogen) atoms. The SMILES string of the molecule is CC(OC(=O)Nc1ccc(-c2c(N)c3ccc(OCc4nccs4)cc3n2C2CCC2)cc1)C1CC1. The highest BCUT2D eigenvalue weighted by atomic mass is 32.1. The van der Waals surface area contributed by atoms with Crippen LogP contribution in [0.3, 0.4) is 0 Å². The molecule has 2 aliphatic rings. The average Bonchev–Trinajstić information content (AvgIpc) is 3.50. The van der Waals surface area contributed by atoms with Crippen LogP contribution in [0.1, 0.15) is 50.1 Å². The third-order valence-corrected chi connectivity index (χ3v) is 8.04. The summed E-state index contributed by atoms with van der Waals surface area (Å²) in [6, 6.07) is 14.4. The van der Waals surface area contributed by atoms with Crippen molar-refractivity contribution in [2.24, 2.45) is 5.92 Å². The van der Waals surface area contributed by atoms with Crippen molar-refractivity contribution >= 4 is 39.7 Å². The van der Waals surface area contributed by atoms with Gasteiger partial charge in [-0.15, -0.1) is 11.3 Å². The number of nitrogens with two attached hydrogens (primary N) is 1. The van der Waals surface area contributed by atoms with Crippen molar-refractivity contribution in [1.82, 2.24) is 9.55 Å². The van der Waals surface area contributed by atoms with E-state index in [-0.39, 0.29) is 6.10 Å². The van der Waals surface area contributed by atoms with Crippen molar-refractivity contribution in [3.8, 4) is 17.0 Å². The summed E-state index contributed by atoms with van der Waals surface area (Å²) >= 11 is 1.59. The van der Waals surface area contributed by atoms with E-state index in [1.807, 2.05) is 48.7 Å². The van der Waals surface area contributed by atoms with Gasteiger partial charge >= 0.3 is 6.09 Å². The molecule has 1 atom stereocenters. The van der Waals surface area contributed by atoms with Crippen LogP contribution in [0.5, 0.6) is 5.75 Å². The van der Waals surface area contributed by atoms with E-state index in [0.29, 0.717) is 24.3 Å². The molecule has 0 saturated heterocycles. The zero-order valence-corrected chi connectivity index (χ0v) is 21.1. The highest BCUT2D eigenvalue weighted by molar-refractivity contribution is 7.09. The second-order valence-electron chi connectivity index (χ2n) is 9.76. The molecule has 0 spiro atoms. The second kappa shape index (κ2) is 9.50. The van der Waals surface area contributed by atoms with Crippen LogP contribution in [0, 0.1) is 5.92 Å². The number of benzene rings is 2. The molecule has 2 saturated carbocycles. The van der Waals surface area contributed by atoms with E-state index in [0.717, 1.165) is 64.3 Å².